The van der Waals surface area contributed by atoms with Crippen LogP contribution in [0.1, 0.15) is 68.7 Å². The predicted molar refractivity (Wildman–Crippen MR) is 244 cm³/mol. The molecule has 2 aromatic heterocycles. The number of piperidine rings is 1. The second-order valence-corrected chi connectivity index (χ2v) is 19.5. The maximum atomic E-state index is 17.8. The van der Waals surface area contributed by atoms with Gasteiger partial charge in [-0.3, -0.25) is 9.80 Å². The van der Waals surface area contributed by atoms with E-state index in [1.807, 2.05) is 29.2 Å². The Morgan fingerprint density at radius 1 is 0.910 bits per heavy atom. The minimum absolute atomic E-state index is 0.0251. The van der Waals surface area contributed by atoms with E-state index in [0.29, 0.717) is 44.0 Å². The summed E-state index contributed by atoms with van der Waals surface area (Å²) in [4.78, 5) is 34.7. The molecule has 12 nitrogen and oxygen atoms in total. The zero-order valence-corrected chi connectivity index (χ0v) is 39.0. The number of benzene rings is 3. The van der Waals surface area contributed by atoms with E-state index in [4.69, 9.17) is 35.5 Å². The molecule has 2 bridgehead atoms. The van der Waals surface area contributed by atoms with Crippen LogP contribution in [-0.2, 0) is 24.0 Å². The van der Waals surface area contributed by atoms with E-state index in [2.05, 4.69) is 14.9 Å². The van der Waals surface area contributed by atoms with Gasteiger partial charge in [0.05, 0.1) is 53.7 Å². The first kappa shape index (κ1) is 46.4. The molecule has 67 heavy (non-hydrogen) atoms. The molecule has 3 aromatic carbocycles. The van der Waals surface area contributed by atoms with Crippen LogP contribution < -0.4 is 24.0 Å². The van der Waals surface area contributed by atoms with Gasteiger partial charge in [0.25, 0.3) is 0 Å². The minimum Gasteiger partial charge on any atom is -0.497 e. The molecular formula is C49H53ClF5N7O5. The van der Waals surface area contributed by atoms with Gasteiger partial charge in [0.15, 0.2) is 5.82 Å². The second-order valence-electron chi connectivity index (χ2n) is 19.0. The molecule has 356 valence electrons. The Labute approximate surface area is 390 Å². The molecule has 0 saturated carbocycles. The summed E-state index contributed by atoms with van der Waals surface area (Å²) in [6.45, 7) is 8.72. The Bertz CT molecular complexity index is 2610. The van der Waals surface area contributed by atoms with Crippen molar-refractivity contribution >= 4 is 40.2 Å². The lowest BCUT2D eigenvalue weighted by Gasteiger charge is -2.56. The van der Waals surface area contributed by atoms with Crippen LogP contribution in [0, 0.1) is 12.7 Å². The number of carbonyl (C=O) groups excluding carboxylic acids is 1. The Balaban J connectivity index is 1.16. The first-order valence-electron chi connectivity index (χ1n) is 22.4. The number of hydrogen-bond acceptors (Lipinski definition) is 11. The molecule has 5 aliphatic heterocycles. The largest absolute Gasteiger partial charge is 0.497 e. The molecule has 1 amide bonds. The molecule has 0 spiro atoms. The number of hydrogen-bond donors (Lipinski definition) is 0. The summed E-state index contributed by atoms with van der Waals surface area (Å²) in [5.41, 5.74) is -2.67. The Morgan fingerprint density at radius 3 is 2.12 bits per heavy atom. The number of carbonyl (C=O) groups is 1. The minimum atomic E-state index is -4.98. The quantitative estimate of drug-likeness (QED) is 0.112. The second kappa shape index (κ2) is 17.8. The number of halogens is 6. The van der Waals surface area contributed by atoms with Gasteiger partial charge in [-0.25, -0.2) is 18.6 Å². The molecule has 5 aromatic rings. The number of aromatic nitrogens is 3. The Hall–Kier alpha value is -5.68. The molecule has 10 rings (SSSR count). The van der Waals surface area contributed by atoms with Crippen molar-refractivity contribution in [3.63, 3.8) is 0 Å². The van der Waals surface area contributed by atoms with E-state index in [1.54, 1.807) is 69.1 Å². The molecule has 7 heterocycles. The molecule has 2 unspecified atom stereocenters. The molecule has 18 heteroatoms. The maximum absolute atomic E-state index is 17.8. The van der Waals surface area contributed by atoms with Crippen LogP contribution >= 0.6 is 11.6 Å². The monoisotopic (exact) mass is 949 g/mol. The summed E-state index contributed by atoms with van der Waals surface area (Å²) < 4.78 is 101. The molecular weight excluding hydrogens is 897 g/mol. The molecule has 5 aliphatic rings. The molecule has 5 saturated heterocycles. The van der Waals surface area contributed by atoms with Crippen LogP contribution in [0.3, 0.4) is 0 Å². The first-order valence-corrected chi connectivity index (χ1v) is 22.8. The van der Waals surface area contributed by atoms with Crippen LogP contribution in [-0.4, -0.2) is 107 Å². The zero-order chi connectivity index (χ0) is 47.6. The van der Waals surface area contributed by atoms with E-state index in [-0.39, 0.29) is 83.9 Å². The number of ether oxygens (including phenoxy) is 4. The van der Waals surface area contributed by atoms with Gasteiger partial charge < -0.3 is 28.7 Å². The highest BCUT2D eigenvalue weighted by molar-refractivity contribution is 6.34. The molecule has 5 fully saturated rings. The van der Waals surface area contributed by atoms with Crippen LogP contribution in [0.2, 0.25) is 5.02 Å². The summed E-state index contributed by atoms with van der Waals surface area (Å²) in [6, 6.07) is 16.5. The number of nitrogens with zero attached hydrogens (tertiary/aromatic N) is 7. The fourth-order valence-corrected chi connectivity index (χ4v) is 10.5. The summed E-state index contributed by atoms with van der Waals surface area (Å²) >= 11 is 7.00. The van der Waals surface area contributed by atoms with Crippen molar-refractivity contribution in [3.05, 3.63) is 93.8 Å². The lowest BCUT2D eigenvalue weighted by Crippen LogP contribution is -2.70. The summed E-state index contributed by atoms with van der Waals surface area (Å²) in [5, 5.41) is -0.205. The number of pyridine rings is 1. The number of rotatable bonds is 12. The SMILES string of the molecule is COc1ccc(CN(Cc2ccc(OC)cc2)c2cc(C)c(C(F)(F)F)c(-c3c(Cl)cc4c(N5CC6CC(C5)N6C(=O)OC(C)(C)C)nc(OC[C@]56CCCN5C[C@H](F)C6)nc4c3F)n2)cc1. The van der Waals surface area contributed by atoms with Crippen molar-refractivity contribution < 1.29 is 45.7 Å². The standard InChI is InChI=1S/C49H53ClF5N7O5/c1-28-18-38(59(22-29-8-12-34(64-5)13-9-29)23-30-10-14-35(65-6)15-11-30)56-43(40(28)49(53,54)55)39-37(50)20-36-42(41(39)52)57-45(66-27-48-16-7-17-61(48)24-31(51)21-48)58-44(36)60-25-32-19-33(26-60)62(32)46(63)67-47(2,3)4/h8-15,18,20,31-33H,7,16-17,19,21-27H2,1-6H3/t31-,32?,33?,48-/m1/s1. The first-order chi connectivity index (χ1) is 31.8. The highest BCUT2D eigenvalue weighted by Gasteiger charge is 2.51. The fourth-order valence-electron chi connectivity index (χ4n) is 10.2. The van der Waals surface area contributed by atoms with Crippen molar-refractivity contribution in [3.8, 4) is 28.8 Å². The lowest BCUT2D eigenvalue weighted by atomic mass is 9.88. The van der Waals surface area contributed by atoms with Gasteiger partial charge in [0, 0.05) is 44.5 Å². The zero-order valence-electron chi connectivity index (χ0n) is 38.2. The van der Waals surface area contributed by atoms with Crippen molar-refractivity contribution in [2.24, 2.45) is 0 Å². The topological polar surface area (TPSA) is 106 Å². The summed E-state index contributed by atoms with van der Waals surface area (Å²) in [7, 11) is 3.11. The normalized spacial score (nSPS) is 21.6. The third-order valence-electron chi connectivity index (χ3n) is 13.3. The molecule has 0 N–H and O–H groups in total. The van der Waals surface area contributed by atoms with E-state index in [0.717, 1.165) is 17.5 Å². The number of alkyl halides is 4. The molecule has 0 aliphatic carbocycles. The van der Waals surface area contributed by atoms with Crippen molar-refractivity contribution in [2.45, 2.75) is 102 Å². The van der Waals surface area contributed by atoms with E-state index in [1.165, 1.54) is 19.1 Å². The summed E-state index contributed by atoms with van der Waals surface area (Å²) in [6.07, 6.45) is -3.95. The average molecular weight is 950 g/mol. The smallest absolute Gasteiger partial charge is 0.418 e. The van der Waals surface area contributed by atoms with Gasteiger partial charge in [-0.15, -0.1) is 0 Å². The number of methoxy groups -OCH3 is 2. The lowest BCUT2D eigenvalue weighted by molar-refractivity contribution is -0.137. The van der Waals surface area contributed by atoms with Gasteiger partial charge in [-0.05, 0) is 107 Å². The van der Waals surface area contributed by atoms with Gasteiger partial charge >= 0.3 is 18.3 Å². The highest BCUT2D eigenvalue weighted by Crippen LogP contribution is 2.47. The van der Waals surface area contributed by atoms with Crippen molar-refractivity contribution in [1.82, 2.24) is 24.8 Å². The van der Waals surface area contributed by atoms with Crippen LogP contribution in [0.4, 0.5) is 38.4 Å². The Morgan fingerprint density at radius 2 is 1.54 bits per heavy atom. The number of piperazine rings is 1. The van der Waals surface area contributed by atoms with Gasteiger partial charge in [0.2, 0.25) is 0 Å². The van der Waals surface area contributed by atoms with Gasteiger partial charge in [0.1, 0.15) is 47.0 Å². The number of aryl methyl sites for hydroxylation is 1. The molecule has 0 radical (unpaired) electrons. The van der Waals surface area contributed by atoms with E-state index in [9.17, 15) is 9.18 Å². The number of amides is 1. The van der Waals surface area contributed by atoms with Gasteiger partial charge in [-0.1, -0.05) is 35.9 Å². The van der Waals surface area contributed by atoms with Crippen LogP contribution in [0.15, 0.2) is 60.7 Å². The van der Waals surface area contributed by atoms with Crippen LogP contribution in [0.5, 0.6) is 17.5 Å². The average Bonchev–Trinajstić information content (AvgIpc) is 3.80. The summed E-state index contributed by atoms with van der Waals surface area (Å²) in [5.74, 6) is 0.487. The predicted octanol–water partition coefficient (Wildman–Crippen LogP) is 10.2. The maximum Gasteiger partial charge on any atom is 0.418 e. The molecule has 4 atom stereocenters. The Kier molecular flexibility index (Phi) is 12.3. The highest BCUT2D eigenvalue weighted by atomic mass is 35.5. The number of fused-ring (bicyclic) bond motifs is 4. The third-order valence-corrected chi connectivity index (χ3v) is 13.6. The van der Waals surface area contributed by atoms with E-state index >= 15 is 17.6 Å². The van der Waals surface area contributed by atoms with Crippen molar-refractivity contribution in [2.75, 3.05) is 56.8 Å². The van der Waals surface area contributed by atoms with Crippen LogP contribution in [0.25, 0.3) is 22.2 Å². The third kappa shape index (κ3) is 9.20. The van der Waals surface area contributed by atoms with E-state index < -0.39 is 52.2 Å². The van der Waals surface area contributed by atoms with Crippen molar-refractivity contribution in [1.29, 1.82) is 0 Å². The van der Waals surface area contributed by atoms with Gasteiger partial charge in [-0.2, -0.15) is 23.1 Å². The number of anilines is 2. The fraction of sp³-hybridized carbons (Fsp3) is 0.469.